The van der Waals surface area contributed by atoms with Crippen molar-refractivity contribution in [1.29, 1.82) is 0 Å². The van der Waals surface area contributed by atoms with Gasteiger partial charge in [-0.1, -0.05) is 31.2 Å². The van der Waals surface area contributed by atoms with Gasteiger partial charge >= 0.3 is 6.03 Å². The number of carbonyl (C=O) groups is 3. The molecule has 3 rings (SSSR count). The number of hydrogen-bond donors (Lipinski definition) is 2. The van der Waals surface area contributed by atoms with Crippen molar-refractivity contribution in [2.24, 2.45) is 0 Å². The van der Waals surface area contributed by atoms with Gasteiger partial charge in [-0.05, 0) is 49.6 Å². The lowest BCUT2D eigenvalue weighted by atomic mass is 9.91. The normalized spacial score (nSPS) is 19.6. The molecule has 0 bridgehead atoms. The highest BCUT2D eigenvalue weighted by Crippen LogP contribution is 2.31. The van der Waals surface area contributed by atoms with Gasteiger partial charge in [-0.15, -0.1) is 0 Å². The average molecular weight is 415 g/mol. The third kappa shape index (κ3) is 4.03. The molecule has 1 heterocycles. The van der Waals surface area contributed by atoms with Gasteiger partial charge in [0, 0.05) is 5.56 Å². The minimum Gasteiger partial charge on any atom is -0.348 e. The molecule has 1 aliphatic rings. The van der Waals surface area contributed by atoms with Crippen LogP contribution in [0, 0.1) is 11.6 Å². The Morgan fingerprint density at radius 3 is 2.47 bits per heavy atom. The van der Waals surface area contributed by atoms with Crippen molar-refractivity contribution in [1.82, 2.24) is 15.5 Å². The van der Waals surface area contributed by atoms with E-state index in [9.17, 15) is 23.2 Å². The molecule has 0 spiro atoms. The maximum atomic E-state index is 14.2. The quantitative estimate of drug-likeness (QED) is 0.712. The summed E-state index contributed by atoms with van der Waals surface area (Å²) >= 11 is 0. The smallest absolute Gasteiger partial charge is 0.325 e. The van der Waals surface area contributed by atoms with Crippen LogP contribution in [-0.4, -0.2) is 29.3 Å². The predicted molar refractivity (Wildman–Crippen MR) is 106 cm³/mol. The lowest BCUT2D eigenvalue weighted by Gasteiger charge is -2.23. The van der Waals surface area contributed by atoms with Gasteiger partial charge < -0.3 is 10.6 Å². The van der Waals surface area contributed by atoms with E-state index in [-0.39, 0.29) is 11.6 Å². The van der Waals surface area contributed by atoms with Crippen molar-refractivity contribution in [2.75, 3.05) is 6.54 Å². The van der Waals surface area contributed by atoms with E-state index in [1.807, 2.05) is 31.2 Å². The maximum Gasteiger partial charge on any atom is 0.325 e. The minimum atomic E-state index is -1.80. The molecule has 158 valence electrons. The molecule has 0 aromatic heterocycles. The van der Waals surface area contributed by atoms with Gasteiger partial charge in [0.2, 0.25) is 5.91 Å². The second-order valence-electron chi connectivity index (χ2n) is 7.45. The summed E-state index contributed by atoms with van der Waals surface area (Å²) < 4.78 is 27.8. The maximum absolute atomic E-state index is 14.2. The van der Waals surface area contributed by atoms with Gasteiger partial charge in [0.05, 0.1) is 6.04 Å². The van der Waals surface area contributed by atoms with Gasteiger partial charge in [-0.3, -0.25) is 14.5 Å². The molecule has 0 saturated carbocycles. The summed E-state index contributed by atoms with van der Waals surface area (Å²) in [6, 6.07) is 9.22. The Labute approximate surface area is 173 Å². The number of benzene rings is 2. The Morgan fingerprint density at radius 2 is 1.83 bits per heavy atom. The zero-order valence-corrected chi connectivity index (χ0v) is 17.0. The second kappa shape index (κ2) is 8.22. The molecule has 2 N–H and O–H groups in total. The standard InChI is InChI=1S/C22H23F2N3O3/c1-4-14-5-7-15(8-6-14)13(2)25-19(28)12-27-20(29)22(3,26-21(27)30)17-11-16(23)9-10-18(17)24/h5-11,13H,4,12H2,1-3H3,(H,25,28)(H,26,30)/t13-,22+/m0/s1. The van der Waals surface area contributed by atoms with Crippen LogP contribution in [0.25, 0.3) is 0 Å². The molecule has 1 saturated heterocycles. The van der Waals surface area contributed by atoms with Crippen LogP contribution < -0.4 is 10.6 Å². The molecule has 0 aliphatic carbocycles. The molecular weight excluding hydrogens is 392 g/mol. The zero-order chi connectivity index (χ0) is 22.1. The van der Waals surface area contributed by atoms with E-state index in [0.29, 0.717) is 4.90 Å². The first kappa shape index (κ1) is 21.4. The molecule has 30 heavy (non-hydrogen) atoms. The number of nitrogens with one attached hydrogen (secondary N) is 2. The van der Waals surface area contributed by atoms with Gasteiger partial charge in [0.25, 0.3) is 5.91 Å². The van der Waals surface area contributed by atoms with Crippen LogP contribution in [0.15, 0.2) is 42.5 Å². The van der Waals surface area contributed by atoms with Gasteiger partial charge in [-0.25, -0.2) is 13.6 Å². The molecule has 8 heteroatoms. The van der Waals surface area contributed by atoms with Crippen LogP contribution in [0.5, 0.6) is 0 Å². The summed E-state index contributed by atoms with van der Waals surface area (Å²) in [6.07, 6.45) is 0.901. The fourth-order valence-electron chi connectivity index (χ4n) is 3.46. The molecular formula is C22H23F2N3O3. The predicted octanol–water partition coefficient (Wildman–Crippen LogP) is 3.17. The number of rotatable bonds is 6. The monoisotopic (exact) mass is 415 g/mol. The molecule has 2 atom stereocenters. The zero-order valence-electron chi connectivity index (χ0n) is 17.0. The van der Waals surface area contributed by atoms with Gasteiger partial charge in [0.1, 0.15) is 23.7 Å². The highest BCUT2D eigenvalue weighted by Gasteiger charge is 2.50. The average Bonchev–Trinajstić information content (AvgIpc) is 2.93. The number of hydrogen-bond acceptors (Lipinski definition) is 3. The van der Waals surface area contributed by atoms with Gasteiger partial charge in [0.15, 0.2) is 0 Å². The number of amides is 4. The summed E-state index contributed by atoms with van der Waals surface area (Å²) in [5.74, 6) is -2.95. The first-order valence-corrected chi connectivity index (χ1v) is 9.63. The van der Waals surface area contributed by atoms with Crippen LogP contribution in [0.2, 0.25) is 0 Å². The van der Waals surface area contributed by atoms with Crippen LogP contribution >= 0.6 is 0 Å². The first-order chi connectivity index (χ1) is 14.2. The first-order valence-electron chi connectivity index (χ1n) is 9.63. The molecule has 2 aromatic carbocycles. The van der Waals surface area contributed by atoms with Gasteiger partial charge in [-0.2, -0.15) is 0 Å². The van der Waals surface area contributed by atoms with E-state index < -0.39 is 41.6 Å². The minimum absolute atomic E-state index is 0.298. The van der Waals surface area contributed by atoms with Crippen LogP contribution in [0.4, 0.5) is 13.6 Å². The third-order valence-electron chi connectivity index (χ3n) is 5.31. The number of aryl methyl sites for hydroxylation is 1. The number of nitrogens with zero attached hydrogens (tertiary/aromatic N) is 1. The summed E-state index contributed by atoms with van der Waals surface area (Å²) in [5, 5.41) is 5.11. The number of imide groups is 1. The molecule has 0 radical (unpaired) electrons. The summed E-state index contributed by atoms with van der Waals surface area (Å²) in [7, 11) is 0. The highest BCUT2D eigenvalue weighted by molar-refractivity contribution is 6.09. The molecule has 1 aliphatic heterocycles. The number of carbonyl (C=O) groups excluding carboxylic acids is 3. The van der Waals surface area contributed by atoms with E-state index in [1.54, 1.807) is 6.92 Å². The Hall–Kier alpha value is -3.29. The van der Waals surface area contributed by atoms with Crippen molar-refractivity contribution < 1.29 is 23.2 Å². The lowest BCUT2D eigenvalue weighted by Crippen LogP contribution is -2.44. The van der Waals surface area contributed by atoms with E-state index in [0.717, 1.165) is 30.2 Å². The molecule has 2 aromatic rings. The Kier molecular flexibility index (Phi) is 5.87. The van der Waals surface area contributed by atoms with Crippen LogP contribution in [0.3, 0.4) is 0 Å². The fraction of sp³-hybridized carbons (Fsp3) is 0.318. The molecule has 0 unspecified atom stereocenters. The van der Waals surface area contributed by atoms with E-state index in [2.05, 4.69) is 10.6 Å². The summed E-state index contributed by atoms with van der Waals surface area (Å²) in [6.45, 7) is 4.58. The molecule has 6 nitrogen and oxygen atoms in total. The molecule has 1 fully saturated rings. The summed E-state index contributed by atoms with van der Waals surface area (Å²) in [5.41, 5.74) is -0.0523. The number of urea groups is 1. The SMILES string of the molecule is CCc1ccc([C@H](C)NC(=O)CN2C(=O)N[C@](C)(c3cc(F)ccc3F)C2=O)cc1. The fourth-order valence-corrected chi connectivity index (χ4v) is 3.46. The third-order valence-corrected chi connectivity index (χ3v) is 5.31. The summed E-state index contributed by atoms with van der Waals surface area (Å²) in [4.78, 5) is 38.3. The van der Waals surface area contributed by atoms with Crippen molar-refractivity contribution in [3.05, 3.63) is 70.8 Å². The van der Waals surface area contributed by atoms with Crippen LogP contribution in [-0.2, 0) is 21.5 Å². The number of halogens is 2. The molecule has 4 amide bonds. The van der Waals surface area contributed by atoms with Crippen molar-refractivity contribution in [2.45, 2.75) is 38.8 Å². The highest BCUT2D eigenvalue weighted by atomic mass is 19.1. The van der Waals surface area contributed by atoms with Crippen molar-refractivity contribution in [3.8, 4) is 0 Å². The largest absolute Gasteiger partial charge is 0.348 e. The van der Waals surface area contributed by atoms with Crippen molar-refractivity contribution in [3.63, 3.8) is 0 Å². The van der Waals surface area contributed by atoms with Crippen molar-refractivity contribution >= 4 is 17.8 Å². The Bertz CT molecular complexity index is 994. The van der Waals surface area contributed by atoms with E-state index in [1.165, 1.54) is 12.5 Å². The van der Waals surface area contributed by atoms with E-state index in [4.69, 9.17) is 0 Å². The Balaban J connectivity index is 1.71. The Morgan fingerprint density at radius 1 is 1.17 bits per heavy atom. The second-order valence-corrected chi connectivity index (χ2v) is 7.45. The lowest BCUT2D eigenvalue weighted by molar-refractivity contribution is -0.135. The van der Waals surface area contributed by atoms with E-state index >= 15 is 0 Å². The van der Waals surface area contributed by atoms with Crippen LogP contribution in [0.1, 0.15) is 43.5 Å². The topological polar surface area (TPSA) is 78.5 Å².